The van der Waals surface area contributed by atoms with Crippen molar-refractivity contribution in [2.24, 2.45) is 0 Å². The first-order chi connectivity index (χ1) is 15.4. The molecule has 1 amide bonds. The Morgan fingerprint density at radius 2 is 1.72 bits per heavy atom. The maximum atomic E-state index is 13.1. The zero-order chi connectivity index (χ0) is 22.8. The number of benzene rings is 2. The lowest BCUT2D eigenvalue weighted by Crippen LogP contribution is -2.29. The molecule has 0 aliphatic carbocycles. The summed E-state index contributed by atoms with van der Waals surface area (Å²) in [5.41, 5.74) is 1.09. The van der Waals surface area contributed by atoms with Crippen molar-refractivity contribution in [2.75, 3.05) is 14.2 Å². The van der Waals surface area contributed by atoms with Crippen LogP contribution in [0.3, 0.4) is 0 Å². The Kier molecular flexibility index (Phi) is 5.73. The van der Waals surface area contributed by atoms with Gasteiger partial charge in [0.05, 0.1) is 25.4 Å². The number of furan rings is 1. The summed E-state index contributed by atoms with van der Waals surface area (Å²) < 4.78 is 16.3. The third kappa shape index (κ3) is 3.73. The average molecular weight is 433 g/mol. The van der Waals surface area contributed by atoms with E-state index in [0.717, 1.165) is 5.56 Å². The summed E-state index contributed by atoms with van der Waals surface area (Å²) in [6.07, 6.45) is 0. The lowest BCUT2D eigenvalue weighted by molar-refractivity contribution is -0.140. The number of ether oxygens (including phenoxy) is 2. The molecule has 7 heteroatoms. The van der Waals surface area contributed by atoms with Gasteiger partial charge in [-0.3, -0.25) is 9.59 Å². The number of hydrogen-bond acceptors (Lipinski definition) is 6. The van der Waals surface area contributed by atoms with Gasteiger partial charge in [0.2, 0.25) is 0 Å². The molecule has 0 spiro atoms. The van der Waals surface area contributed by atoms with Crippen LogP contribution in [0.5, 0.6) is 11.5 Å². The van der Waals surface area contributed by atoms with Gasteiger partial charge in [0.15, 0.2) is 0 Å². The highest BCUT2D eigenvalue weighted by atomic mass is 16.5. The molecule has 1 aliphatic rings. The topological polar surface area (TPSA) is 89.2 Å². The molecule has 2 heterocycles. The van der Waals surface area contributed by atoms with E-state index in [9.17, 15) is 14.7 Å². The molecule has 1 N–H and O–H groups in total. The van der Waals surface area contributed by atoms with Crippen LogP contribution in [0.15, 0.2) is 70.7 Å². The Bertz CT molecular complexity index is 1190. The molecular formula is C25H23NO6. The fourth-order valence-corrected chi connectivity index (χ4v) is 3.85. The van der Waals surface area contributed by atoms with E-state index in [0.29, 0.717) is 28.6 Å². The first kappa shape index (κ1) is 21.2. The molecule has 1 saturated heterocycles. The maximum absolute atomic E-state index is 13.1. The standard InChI is InChI=1S/C25H23NO6/c1-15-8-13-20(32-15)22-21(23(27)18-6-4-5-7-19(18)31-3)24(28)25(29)26(22)14-16-9-11-17(30-2)12-10-16/h4-13,22,27H,14H2,1-3H3/b23-21-. The van der Waals surface area contributed by atoms with Crippen LogP contribution in [-0.2, 0) is 16.1 Å². The minimum Gasteiger partial charge on any atom is -0.507 e. The van der Waals surface area contributed by atoms with E-state index >= 15 is 0 Å². The normalized spacial score (nSPS) is 17.6. The Morgan fingerprint density at radius 3 is 2.34 bits per heavy atom. The van der Waals surface area contributed by atoms with E-state index < -0.39 is 17.7 Å². The Labute approximate surface area is 185 Å². The number of aryl methyl sites for hydroxylation is 1. The number of hydrogen-bond donors (Lipinski definition) is 1. The van der Waals surface area contributed by atoms with Gasteiger partial charge in [0.25, 0.3) is 11.7 Å². The van der Waals surface area contributed by atoms with Crippen LogP contribution in [0, 0.1) is 6.92 Å². The highest BCUT2D eigenvalue weighted by Gasteiger charge is 2.47. The molecule has 0 bridgehead atoms. The smallest absolute Gasteiger partial charge is 0.296 e. The number of Topliss-reactive ketones (excluding diaryl/α,β-unsaturated/α-hetero) is 1. The van der Waals surface area contributed by atoms with Gasteiger partial charge < -0.3 is 23.9 Å². The molecule has 32 heavy (non-hydrogen) atoms. The Balaban J connectivity index is 1.83. The molecule has 1 atom stereocenters. The zero-order valence-corrected chi connectivity index (χ0v) is 18.0. The number of amides is 1. The van der Waals surface area contributed by atoms with Crippen molar-refractivity contribution in [3.63, 3.8) is 0 Å². The Hall–Kier alpha value is -4.00. The third-order valence-corrected chi connectivity index (χ3v) is 5.44. The quantitative estimate of drug-likeness (QED) is 0.356. The zero-order valence-electron chi connectivity index (χ0n) is 18.0. The number of ketones is 1. The summed E-state index contributed by atoms with van der Waals surface area (Å²) >= 11 is 0. The summed E-state index contributed by atoms with van der Waals surface area (Å²) in [5, 5.41) is 11.2. The number of carbonyl (C=O) groups is 2. The Morgan fingerprint density at radius 1 is 1.00 bits per heavy atom. The maximum Gasteiger partial charge on any atom is 0.296 e. The van der Waals surface area contributed by atoms with E-state index in [2.05, 4.69) is 0 Å². The number of para-hydroxylation sites is 1. The van der Waals surface area contributed by atoms with E-state index in [1.165, 1.54) is 12.0 Å². The average Bonchev–Trinajstić information content (AvgIpc) is 3.35. The molecule has 1 aromatic heterocycles. The van der Waals surface area contributed by atoms with Crippen molar-refractivity contribution in [3.8, 4) is 11.5 Å². The molecule has 4 rings (SSSR count). The minimum absolute atomic E-state index is 0.0395. The number of likely N-dealkylation sites (tertiary alicyclic amines) is 1. The second kappa shape index (κ2) is 8.63. The molecule has 164 valence electrons. The van der Waals surface area contributed by atoms with Crippen LogP contribution >= 0.6 is 0 Å². The summed E-state index contributed by atoms with van der Waals surface area (Å²) in [5.74, 6) is 0.305. The van der Waals surface area contributed by atoms with Crippen molar-refractivity contribution in [3.05, 3.63) is 88.9 Å². The minimum atomic E-state index is -0.879. The van der Waals surface area contributed by atoms with Crippen molar-refractivity contribution < 1.29 is 28.6 Å². The van der Waals surface area contributed by atoms with E-state index in [1.807, 2.05) is 12.1 Å². The lowest BCUT2D eigenvalue weighted by atomic mass is 9.98. The largest absolute Gasteiger partial charge is 0.507 e. The van der Waals surface area contributed by atoms with E-state index in [-0.39, 0.29) is 17.9 Å². The van der Waals surface area contributed by atoms with Crippen molar-refractivity contribution in [2.45, 2.75) is 19.5 Å². The number of nitrogens with zero attached hydrogens (tertiary/aromatic N) is 1. The molecule has 3 aromatic rings. The van der Waals surface area contributed by atoms with Gasteiger partial charge in [-0.05, 0) is 48.9 Å². The van der Waals surface area contributed by atoms with Gasteiger partial charge in [-0.2, -0.15) is 0 Å². The van der Waals surface area contributed by atoms with Gasteiger partial charge in [0.1, 0.15) is 34.8 Å². The molecule has 0 saturated carbocycles. The molecule has 2 aromatic carbocycles. The second-order valence-electron chi connectivity index (χ2n) is 7.42. The van der Waals surface area contributed by atoms with Gasteiger partial charge in [0, 0.05) is 6.54 Å². The van der Waals surface area contributed by atoms with Gasteiger partial charge in [-0.1, -0.05) is 24.3 Å². The van der Waals surface area contributed by atoms with Crippen LogP contribution < -0.4 is 9.47 Å². The van der Waals surface area contributed by atoms with Gasteiger partial charge in [-0.15, -0.1) is 0 Å². The first-order valence-electron chi connectivity index (χ1n) is 10.1. The summed E-state index contributed by atoms with van der Waals surface area (Å²) in [4.78, 5) is 27.6. The predicted octanol–water partition coefficient (Wildman–Crippen LogP) is 4.23. The van der Waals surface area contributed by atoms with Crippen molar-refractivity contribution >= 4 is 17.4 Å². The van der Waals surface area contributed by atoms with Crippen molar-refractivity contribution in [1.82, 2.24) is 4.90 Å². The summed E-state index contributed by atoms with van der Waals surface area (Å²) in [6.45, 7) is 1.93. The number of methoxy groups -OCH3 is 2. The van der Waals surface area contributed by atoms with Crippen LogP contribution in [0.4, 0.5) is 0 Å². The summed E-state index contributed by atoms with van der Waals surface area (Å²) in [7, 11) is 3.05. The molecule has 0 radical (unpaired) electrons. The first-order valence-corrected chi connectivity index (χ1v) is 10.1. The lowest BCUT2D eigenvalue weighted by Gasteiger charge is -2.23. The highest BCUT2D eigenvalue weighted by molar-refractivity contribution is 6.46. The van der Waals surface area contributed by atoms with E-state index in [4.69, 9.17) is 13.9 Å². The fourth-order valence-electron chi connectivity index (χ4n) is 3.85. The van der Waals surface area contributed by atoms with Crippen LogP contribution in [0.1, 0.15) is 28.7 Å². The molecular weight excluding hydrogens is 410 g/mol. The van der Waals surface area contributed by atoms with Gasteiger partial charge in [-0.25, -0.2) is 0 Å². The fraction of sp³-hybridized carbons (Fsp3) is 0.200. The molecule has 7 nitrogen and oxygen atoms in total. The van der Waals surface area contributed by atoms with Crippen LogP contribution in [0.25, 0.3) is 5.76 Å². The van der Waals surface area contributed by atoms with E-state index in [1.54, 1.807) is 62.6 Å². The number of carbonyl (C=O) groups excluding carboxylic acids is 2. The molecule has 1 unspecified atom stereocenters. The number of aliphatic hydroxyl groups is 1. The molecule has 1 fully saturated rings. The summed E-state index contributed by atoms with van der Waals surface area (Å²) in [6, 6.07) is 16.6. The number of aliphatic hydroxyl groups excluding tert-OH is 1. The monoisotopic (exact) mass is 433 g/mol. The highest BCUT2D eigenvalue weighted by Crippen LogP contribution is 2.42. The predicted molar refractivity (Wildman–Crippen MR) is 117 cm³/mol. The van der Waals surface area contributed by atoms with Crippen LogP contribution in [-0.4, -0.2) is 35.9 Å². The van der Waals surface area contributed by atoms with Gasteiger partial charge >= 0.3 is 0 Å². The molecule has 1 aliphatic heterocycles. The third-order valence-electron chi connectivity index (χ3n) is 5.44. The van der Waals surface area contributed by atoms with Crippen molar-refractivity contribution in [1.29, 1.82) is 0 Å². The van der Waals surface area contributed by atoms with Crippen LogP contribution in [0.2, 0.25) is 0 Å². The number of rotatable bonds is 6. The second-order valence-corrected chi connectivity index (χ2v) is 7.42. The SMILES string of the molecule is COc1ccc(CN2C(=O)C(=O)/C(=C(\O)c3ccccc3OC)C2c2ccc(C)o2)cc1.